The molecule has 1 aliphatic heterocycles. The van der Waals surface area contributed by atoms with Gasteiger partial charge in [0.2, 0.25) is 5.89 Å². The molecule has 34 heavy (non-hydrogen) atoms. The number of thioether (sulfide) groups is 1. The van der Waals surface area contributed by atoms with Gasteiger partial charge in [0, 0.05) is 34.3 Å². The van der Waals surface area contributed by atoms with Crippen LogP contribution in [0.5, 0.6) is 0 Å². The van der Waals surface area contributed by atoms with E-state index >= 15 is 0 Å². The van der Waals surface area contributed by atoms with Gasteiger partial charge in [-0.2, -0.15) is 0 Å². The number of halogens is 1. The molecule has 1 aliphatic rings. The third-order valence-corrected chi connectivity index (χ3v) is 7.12. The van der Waals surface area contributed by atoms with Crippen molar-refractivity contribution >= 4 is 29.1 Å². The van der Waals surface area contributed by atoms with E-state index in [0.717, 1.165) is 40.2 Å². The van der Waals surface area contributed by atoms with Crippen molar-refractivity contribution in [3.05, 3.63) is 71.4 Å². The van der Waals surface area contributed by atoms with Crippen LogP contribution in [-0.2, 0) is 5.75 Å². The lowest BCUT2D eigenvalue weighted by molar-refractivity contribution is 0.503. The highest BCUT2D eigenvalue weighted by atomic mass is 35.5. The van der Waals surface area contributed by atoms with Crippen molar-refractivity contribution in [3.8, 4) is 23.1 Å². The Hall–Kier alpha value is -2.70. The van der Waals surface area contributed by atoms with Crippen LogP contribution < -0.4 is 4.90 Å². The molecule has 5 nitrogen and oxygen atoms in total. The van der Waals surface area contributed by atoms with E-state index < -0.39 is 0 Å². The van der Waals surface area contributed by atoms with Crippen LogP contribution >= 0.6 is 23.4 Å². The van der Waals surface area contributed by atoms with Crippen molar-refractivity contribution in [1.29, 1.82) is 0 Å². The van der Waals surface area contributed by atoms with Gasteiger partial charge in [-0.05, 0) is 73.0 Å². The fourth-order valence-electron chi connectivity index (χ4n) is 3.91. The van der Waals surface area contributed by atoms with Gasteiger partial charge in [0.05, 0.1) is 5.75 Å². The van der Waals surface area contributed by atoms with Crippen LogP contribution in [0.1, 0.15) is 39.4 Å². The second kappa shape index (κ2) is 11.6. The molecule has 2 aromatic carbocycles. The van der Waals surface area contributed by atoms with E-state index in [2.05, 4.69) is 34.2 Å². The molecule has 1 saturated heterocycles. The molecular weight excluding hydrogens is 466 g/mol. The Kier molecular flexibility index (Phi) is 8.35. The van der Waals surface area contributed by atoms with E-state index in [1.54, 1.807) is 11.8 Å². The summed E-state index contributed by atoms with van der Waals surface area (Å²) >= 11 is 7.62. The van der Waals surface area contributed by atoms with E-state index in [1.165, 1.54) is 18.5 Å². The van der Waals surface area contributed by atoms with Gasteiger partial charge in [0.15, 0.2) is 5.76 Å². The van der Waals surface area contributed by atoms with Gasteiger partial charge in [0.25, 0.3) is 5.89 Å². The Labute approximate surface area is 210 Å². The molecule has 0 radical (unpaired) electrons. The van der Waals surface area contributed by atoms with Crippen LogP contribution in [0.4, 0.5) is 5.69 Å². The smallest absolute Gasteiger partial charge is 0.283 e. The van der Waals surface area contributed by atoms with Crippen molar-refractivity contribution in [3.63, 3.8) is 0 Å². The fraction of sp³-hybridized carbons (Fsp3) is 0.333. The maximum atomic E-state index is 5.94. The summed E-state index contributed by atoms with van der Waals surface area (Å²) in [4.78, 5) is 3.58. The lowest BCUT2D eigenvalue weighted by Gasteiger charge is -2.18. The Bertz CT molecular complexity index is 1170. The summed E-state index contributed by atoms with van der Waals surface area (Å²) in [6.07, 6.45) is 2.52. The number of hydrogen-bond acceptors (Lipinski definition) is 6. The minimum Gasteiger partial charge on any atom is -0.455 e. The van der Waals surface area contributed by atoms with E-state index in [4.69, 9.17) is 20.4 Å². The Morgan fingerprint density at radius 3 is 2.38 bits per heavy atom. The summed E-state index contributed by atoms with van der Waals surface area (Å²) in [5.74, 6) is 3.82. The summed E-state index contributed by atoms with van der Waals surface area (Å²) in [5, 5.41) is 9.14. The summed E-state index contributed by atoms with van der Waals surface area (Å²) < 4.78 is 11.8. The standard InChI is InChI=1S/C25H24ClN3O2S.C2H6/c1-2-17-13-14-29(15-17)20-7-3-18(4-8-20)24-27-28-25(31-24)23-12-9-21(30-23)16-32-22-10-5-19(26)6-11-22;1-2/h3-12,17H,2,13-16H2,1H3;1-2H3. The zero-order chi connectivity index (χ0) is 23.9. The number of benzene rings is 2. The summed E-state index contributed by atoms with van der Waals surface area (Å²) in [6, 6.07) is 19.9. The third-order valence-electron chi connectivity index (χ3n) is 5.83. The lowest BCUT2D eigenvalue weighted by atomic mass is 10.1. The van der Waals surface area contributed by atoms with Crippen molar-refractivity contribution in [1.82, 2.24) is 10.2 Å². The van der Waals surface area contributed by atoms with Gasteiger partial charge in [-0.25, -0.2) is 0 Å². The molecule has 0 bridgehead atoms. The van der Waals surface area contributed by atoms with E-state index in [0.29, 0.717) is 23.3 Å². The largest absolute Gasteiger partial charge is 0.455 e. The number of anilines is 1. The molecule has 0 aliphatic carbocycles. The summed E-state index contributed by atoms with van der Waals surface area (Å²) in [5.41, 5.74) is 2.15. The van der Waals surface area contributed by atoms with Crippen LogP contribution in [0.3, 0.4) is 0 Å². The quantitative estimate of drug-likeness (QED) is 0.241. The molecule has 7 heteroatoms. The molecule has 2 aromatic heterocycles. The van der Waals surface area contributed by atoms with Crippen LogP contribution in [0, 0.1) is 5.92 Å². The Morgan fingerprint density at radius 2 is 1.68 bits per heavy atom. The van der Waals surface area contributed by atoms with Crippen LogP contribution in [0.25, 0.3) is 23.1 Å². The topological polar surface area (TPSA) is 55.3 Å². The molecule has 4 aromatic rings. The van der Waals surface area contributed by atoms with Gasteiger partial charge in [-0.1, -0.05) is 38.8 Å². The first-order chi connectivity index (χ1) is 16.7. The number of rotatable bonds is 7. The Balaban J connectivity index is 0.00000133. The van der Waals surface area contributed by atoms with E-state index in [9.17, 15) is 0 Å². The fourth-order valence-corrected chi connectivity index (χ4v) is 4.83. The molecule has 178 valence electrons. The van der Waals surface area contributed by atoms with E-state index in [1.807, 2.05) is 62.4 Å². The maximum Gasteiger partial charge on any atom is 0.283 e. The molecule has 0 saturated carbocycles. The van der Waals surface area contributed by atoms with Gasteiger partial charge < -0.3 is 13.7 Å². The van der Waals surface area contributed by atoms with Gasteiger partial charge >= 0.3 is 0 Å². The van der Waals surface area contributed by atoms with E-state index in [-0.39, 0.29) is 0 Å². The summed E-state index contributed by atoms with van der Waals surface area (Å²) in [7, 11) is 0. The highest BCUT2D eigenvalue weighted by Gasteiger charge is 2.21. The minimum atomic E-state index is 0.386. The SMILES string of the molecule is CC.CCC1CCN(c2ccc(-c3nnc(-c4ccc(CSc5ccc(Cl)cc5)o4)o3)cc2)C1. The molecular formula is C27H30ClN3O2S. The molecule has 1 atom stereocenters. The molecule has 0 spiro atoms. The first-order valence-corrected chi connectivity index (χ1v) is 13.2. The maximum absolute atomic E-state index is 5.94. The molecule has 1 fully saturated rings. The third kappa shape index (κ3) is 5.86. The monoisotopic (exact) mass is 495 g/mol. The number of hydrogen-bond donors (Lipinski definition) is 0. The average Bonchev–Trinajstić information content (AvgIpc) is 3.66. The zero-order valence-corrected chi connectivity index (χ0v) is 21.4. The first-order valence-electron chi connectivity index (χ1n) is 11.8. The molecule has 5 rings (SSSR count). The lowest BCUT2D eigenvalue weighted by Crippen LogP contribution is -2.19. The van der Waals surface area contributed by atoms with Gasteiger partial charge in [-0.3, -0.25) is 0 Å². The molecule has 0 N–H and O–H groups in total. The van der Waals surface area contributed by atoms with Crippen molar-refractivity contribution in [2.45, 2.75) is 44.3 Å². The molecule has 0 amide bonds. The number of aromatic nitrogens is 2. The van der Waals surface area contributed by atoms with Gasteiger partial charge in [0.1, 0.15) is 5.76 Å². The molecule has 3 heterocycles. The van der Waals surface area contributed by atoms with Crippen molar-refractivity contribution in [2.24, 2.45) is 5.92 Å². The number of nitrogens with zero attached hydrogens (tertiary/aromatic N) is 3. The normalized spacial score (nSPS) is 15.3. The average molecular weight is 496 g/mol. The van der Waals surface area contributed by atoms with Crippen LogP contribution in [0.15, 0.2) is 74.4 Å². The van der Waals surface area contributed by atoms with Crippen molar-refractivity contribution in [2.75, 3.05) is 18.0 Å². The van der Waals surface area contributed by atoms with Gasteiger partial charge in [-0.15, -0.1) is 22.0 Å². The van der Waals surface area contributed by atoms with Crippen LogP contribution in [0.2, 0.25) is 5.02 Å². The predicted octanol–water partition coefficient (Wildman–Crippen LogP) is 8.20. The highest BCUT2D eigenvalue weighted by molar-refractivity contribution is 7.98. The number of furan rings is 1. The summed E-state index contributed by atoms with van der Waals surface area (Å²) in [6.45, 7) is 8.53. The predicted molar refractivity (Wildman–Crippen MR) is 140 cm³/mol. The zero-order valence-electron chi connectivity index (χ0n) is 19.8. The van der Waals surface area contributed by atoms with Crippen LogP contribution in [-0.4, -0.2) is 23.3 Å². The Morgan fingerprint density at radius 1 is 0.941 bits per heavy atom. The molecule has 1 unspecified atom stereocenters. The second-order valence-electron chi connectivity index (χ2n) is 7.98. The first kappa shape index (κ1) is 24.4. The van der Waals surface area contributed by atoms with Crippen molar-refractivity contribution < 1.29 is 8.83 Å². The second-order valence-corrected chi connectivity index (χ2v) is 9.46. The highest BCUT2D eigenvalue weighted by Crippen LogP contribution is 2.31. The minimum absolute atomic E-state index is 0.386.